The van der Waals surface area contributed by atoms with Gasteiger partial charge < -0.3 is 15.4 Å². The summed E-state index contributed by atoms with van der Waals surface area (Å²) in [4.78, 5) is 27.0. The molecule has 0 aliphatic carbocycles. The molecule has 2 aromatic rings. The molecule has 132 valence electrons. The van der Waals surface area contributed by atoms with Gasteiger partial charge in [0, 0.05) is 0 Å². The SMILES string of the molecule is CC(NC(=O)C(F)Cl)c1ccc2nc[nH]c2c1.O=C(O)C(F)(F)F. The van der Waals surface area contributed by atoms with E-state index in [4.69, 9.17) is 21.5 Å². The normalized spacial score (nSPS) is 13.6. The zero-order valence-corrected chi connectivity index (χ0v) is 12.8. The lowest BCUT2D eigenvalue weighted by Crippen LogP contribution is -2.31. The van der Waals surface area contributed by atoms with E-state index in [1.807, 2.05) is 18.2 Å². The van der Waals surface area contributed by atoms with Crippen molar-refractivity contribution in [3.63, 3.8) is 0 Å². The molecule has 1 aromatic carbocycles. The average molecular weight is 370 g/mol. The maximum absolute atomic E-state index is 12.5. The zero-order valence-electron chi connectivity index (χ0n) is 12.1. The quantitative estimate of drug-likeness (QED) is 0.572. The number of hydrogen-bond donors (Lipinski definition) is 3. The molecule has 2 atom stereocenters. The van der Waals surface area contributed by atoms with Crippen LogP contribution in [0, 0.1) is 0 Å². The number of aromatic nitrogens is 2. The second kappa shape index (κ2) is 7.95. The van der Waals surface area contributed by atoms with Gasteiger partial charge in [0.15, 0.2) is 0 Å². The topological polar surface area (TPSA) is 95.1 Å². The van der Waals surface area contributed by atoms with Crippen molar-refractivity contribution in [1.82, 2.24) is 15.3 Å². The number of aromatic amines is 1. The van der Waals surface area contributed by atoms with E-state index >= 15 is 0 Å². The van der Waals surface area contributed by atoms with Crippen LogP contribution in [0.3, 0.4) is 0 Å². The molecule has 0 saturated heterocycles. The summed E-state index contributed by atoms with van der Waals surface area (Å²) in [5, 5.41) is 9.60. The van der Waals surface area contributed by atoms with E-state index in [0.717, 1.165) is 16.6 Å². The van der Waals surface area contributed by atoms with Crippen LogP contribution in [0.1, 0.15) is 18.5 Å². The number of halogens is 5. The molecule has 1 amide bonds. The monoisotopic (exact) mass is 369 g/mol. The summed E-state index contributed by atoms with van der Waals surface area (Å²) >= 11 is 5.04. The van der Waals surface area contributed by atoms with Gasteiger partial charge in [-0.15, -0.1) is 0 Å². The second-order valence-corrected chi connectivity index (χ2v) is 4.90. The fourth-order valence-electron chi connectivity index (χ4n) is 1.58. The van der Waals surface area contributed by atoms with Gasteiger partial charge in [0.2, 0.25) is 0 Å². The van der Waals surface area contributed by atoms with Crippen LogP contribution >= 0.6 is 11.6 Å². The Morgan fingerprint density at radius 2 is 1.96 bits per heavy atom. The molecular formula is C13H12ClF4N3O3. The van der Waals surface area contributed by atoms with Gasteiger partial charge in [0.25, 0.3) is 11.5 Å². The lowest BCUT2D eigenvalue weighted by Gasteiger charge is -2.14. The average Bonchev–Trinajstić information content (AvgIpc) is 2.93. The van der Waals surface area contributed by atoms with Gasteiger partial charge in [-0.05, 0) is 24.6 Å². The van der Waals surface area contributed by atoms with Gasteiger partial charge in [-0.1, -0.05) is 17.7 Å². The number of carbonyl (C=O) groups excluding carboxylic acids is 1. The van der Waals surface area contributed by atoms with E-state index in [0.29, 0.717) is 0 Å². The minimum Gasteiger partial charge on any atom is -0.475 e. The molecule has 0 aliphatic heterocycles. The molecule has 3 N–H and O–H groups in total. The lowest BCUT2D eigenvalue weighted by atomic mass is 10.1. The largest absolute Gasteiger partial charge is 0.490 e. The molecule has 0 bridgehead atoms. The highest BCUT2D eigenvalue weighted by molar-refractivity contribution is 6.29. The first-order valence-corrected chi connectivity index (χ1v) is 6.77. The number of carbonyl (C=O) groups is 2. The Hall–Kier alpha value is -2.36. The number of imidazole rings is 1. The zero-order chi connectivity index (χ0) is 18.5. The number of carboxylic acid groups (broad SMARTS) is 1. The third-order valence-corrected chi connectivity index (χ3v) is 2.94. The number of carboxylic acids is 1. The molecule has 6 nitrogen and oxygen atoms in total. The fourth-order valence-corrected chi connectivity index (χ4v) is 1.65. The maximum atomic E-state index is 12.5. The lowest BCUT2D eigenvalue weighted by molar-refractivity contribution is -0.192. The fraction of sp³-hybridized carbons (Fsp3) is 0.308. The van der Waals surface area contributed by atoms with Crippen molar-refractivity contribution in [2.24, 2.45) is 0 Å². The number of fused-ring (bicyclic) bond motifs is 1. The standard InChI is InChI=1S/C11H11ClFN3O.C2HF3O2/c1-6(16-11(17)10(12)13)7-2-3-8-9(4-7)15-5-14-8;3-2(4,5)1(6)7/h2-6,10H,1H3,(H,14,15)(H,16,17);(H,6,7). The van der Waals surface area contributed by atoms with Crippen molar-refractivity contribution in [3.8, 4) is 0 Å². The minimum atomic E-state index is -5.08. The molecule has 0 radical (unpaired) electrons. The molecule has 0 spiro atoms. The maximum Gasteiger partial charge on any atom is 0.490 e. The van der Waals surface area contributed by atoms with Crippen molar-refractivity contribution in [3.05, 3.63) is 30.1 Å². The third-order valence-electron chi connectivity index (χ3n) is 2.74. The highest BCUT2D eigenvalue weighted by Gasteiger charge is 2.38. The molecule has 1 heterocycles. The van der Waals surface area contributed by atoms with Crippen molar-refractivity contribution in [2.75, 3.05) is 0 Å². The number of aliphatic carboxylic acids is 1. The molecule has 11 heteroatoms. The number of nitrogens with zero attached hydrogens (tertiary/aromatic N) is 1. The summed E-state index contributed by atoms with van der Waals surface area (Å²) in [5.74, 6) is -3.59. The summed E-state index contributed by atoms with van der Waals surface area (Å²) in [7, 11) is 0. The first-order chi connectivity index (χ1) is 11.0. The molecular weight excluding hydrogens is 358 g/mol. The van der Waals surface area contributed by atoms with Crippen LogP contribution in [0.25, 0.3) is 11.0 Å². The predicted octanol–water partition coefficient (Wildman–Crippen LogP) is 2.91. The van der Waals surface area contributed by atoms with Crippen LogP contribution in [0.2, 0.25) is 0 Å². The van der Waals surface area contributed by atoms with Gasteiger partial charge in [-0.3, -0.25) is 4.79 Å². The summed E-state index contributed by atoms with van der Waals surface area (Å²) in [6, 6.07) is 5.20. The Kier molecular flexibility index (Phi) is 6.52. The van der Waals surface area contributed by atoms with Crippen LogP contribution in [0.4, 0.5) is 17.6 Å². The summed E-state index contributed by atoms with van der Waals surface area (Å²) in [6.07, 6.45) is -3.49. The molecule has 1 aromatic heterocycles. The first kappa shape index (κ1) is 19.7. The minimum absolute atomic E-state index is 0.313. The number of H-pyrrole nitrogens is 1. The third kappa shape index (κ3) is 5.69. The summed E-state index contributed by atoms with van der Waals surface area (Å²) in [5.41, 5.74) is 0.542. The molecule has 2 rings (SSSR count). The first-order valence-electron chi connectivity index (χ1n) is 6.34. The van der Waals surface area contributed by atoms with Crippen molar-refractivity contribution in [1.29, 1.82) is 0 Å². The van der Waals surface area contributed by atoms with Gasteiger partial charge in [0.05, 0.1) is 23.4 Å². The van der Waals surface area contributed by atoms with Crippen LogP contribution in [0.15, 0.2) is 24.5 Å². The van der Waals surface area contributed by atoms with E-state index < -0.39 is 23.7 Å². The van der Waals surface area contributed by atoms with E-state index in [2.05, 4.69) is 15.3 Å². The summed E-state index contributed by atoms with van der Waals surface area (Å²) in [6.45, 7) is 1.76. The predicted molar refractivity (Wildman–Crippen MR) is 77.1 cm³/mol. The Morgan fingerprint density at radius 3 is 2.46 bits per heavy atom. The number of hydrogen-bond acceptors (Lipinski definition) is 3. The Bertz CT molecular complexity index is 718. The van der Waals surface area contributed by atoms with Crippen LogP contribution in [0.5, 0.6) is 0 Å². The van der Waals surface area contributed by atoms with Gasteiger partial charge in [-0.2, -0.15) is 13.2 Å². The molecule has 0 fully saturated rings. The van der Waals surface area contributed by atoms with E-state index in [1.165, 1.54) is 0 Å². The number of nitrogens with one attached hydrogen (secondary N) is 2. The molecule has 0 aliphatic rings. The highest BCUT2D eigenvalue weighted by Crippen LogP contribution is 2.18. The van der Waals surface area contributed by atoms with Crippen molar-refractivity contribution in [2.45, 2.75) is 24.8 Å². The van der Waals surface area contributed by atoms with Crippen LogP contribution < -0.4 is 5.32 Å². The molecule has 24 heavy (non-hydrogen) atoms. The number of rotatable bonds is 3. The van der Waals surface area contributed by atoms with Crippen molar-refractivity contribution < 1.29 is 32.3 Å². The van der Waals surface area contributed by atoms with E-state index in [-0.39, 0.29) is 6.04 Å². The van der Waals surface area contributed by atoms with Crippen LogP contribution in [-0.4, -0.2) is 38.8 Å². The number of benzene rings is 1. The Labute approximate surface area is 137 Å². The highest BCUT2D eigenvalue weighted by atomic mass is 35.5. The van der Waals surface area contributed by atoms with Gasteiger partial charge in [0.1, 0.15) is 0 Å². The molecule has 2 unspecified atom stereocenters. The number of alkyl halides is 5. The van der Waals surface area contributed by atoms with E-state index in [9.17, 15) is 22.4 Å². The Balaban J connectivity index is 0.000000351. The smallest absolute Gasteiger partial charge is 0.475 e. The van der Waals surface area contributed by atoms with Gasteiger partial charge in [-0.25, -0.2) is 14.2 Å². The summed E-state index contributed by atoms with van der Waals surface area (Å²) < 4.78 is 44.2. The number of amides is 1. The second-order valence-electron chi connectivity index (χ2n) is 4.51. The Morgan fingerprint density at radius 1 is 1.38 bits per heavy atom. The molecule has 0 saturated carbocycles. The van der Waals surface area contributed by atoms with Crippen LogP contribution in [-0.2, 0) is 9.59 Å². The van der Waals surface area contributed by atoms with Gasteiger partial charge >= 0.3 is 12.1 Å². The van der Waals surface area contributed by atoms with Crippen molar-refractivity contribution >= 4 is 34.5 Å². The van der Waals surface area contributed by atoms with E-state index in [1.54, 1.807) is 13.3 Å².